The highest BCUT2D eigenvalue weighted by atomic mass is 16.6. The van der Waals surface area contributed by atoms with E-state index in [1.165, 1.54) is 0 Å². The number of carbonyl (C=O) groups excluding carboxylic acids is 2. The summed E-state index contributed by atoms with van der Waals surface area (Å²) in [6, 6.07) is -0.546. The van der Waals surface area contributed by atoms with E-state index in [4.69, 9.17) is 4.74 Å². The number of nitrogens with one attached hydrogen (secondary N) is 2. The fraction of sp³-hybridized carbons (Fsp3) is 0.833. The van der Waals surface area contributed by atoms with E-state index in [2.05, 4.69) is 10.6 Å². The third-order valence-electron chi connectivity index (χ3n) is 1.96. The van der Waals surface area contributed by atoms with E-state index >= 15 is 0 Å². The van der Waals surface area contributed by atoms with Gasteiger partial charge < -0.3 is 15.4 Å². The van der Waals surface area contributed by atoms with Crippen LogP contribution in [0.5, 0.6) is 0 Å². The summed E-state index contributed by atoms with van der Waals surface area (Å²) < 4.78 is 5.11. The molecule has 0 bridgehead atoms. The molecule has 0 saturated carbocycles. The molecule has 2 N–H and O–H groups in total. The molecule has 0 spiro atoms. The number of carbonyl (C=O) groups is 2. The highest BCUT2D eigenvalue weighted by Crippen LogP contribution is 2.09. The zero-order valence-corrected chi connectivity index (χ0v) is 11.6. The fourth-order valence-corrected chi connectivity index (χ4v) is 1.33. The molecule has 0 unspecified atom stereocenters. The molecule has 0 saturated heterocycles. The molecule has 5 heteroatoms. The van der Waals surface area contributed by atoms with Gasteiger partial charge in [0.05, 0.1) is 0 Å². The lowest BCUT2D eigenvalue weighted by atomic mass is 10.0. The van der Waals surface area contributed by atoms with Gasteiger partial charge in [-0.1, -0.05) is 13.8 Å². The lowest BCUT2D eigenvalue weighted by molar-refractivity contribution is -0.123. The monoisotopic (exact) mass is 244 g/mol. The maximum Gasteiger partial charge on any atom is 0.408 e. The SMILES string of the molecule is CNC(=O)[C@@H](CC(C)C)NC(=O)OC(C)(C)C. The Balaban J connectivity index is 4.43. The molecule has 0 aliphatic carbocycles. The van der Waals surface area contributed by atoms with Gasteiger partial charge in [-0.05, 0) is 33.1 Å². The van der Waals surface area contributed by atoms with Crippen molar-refractivity contribution >= 4 is 12.0 Å². The van der Waals surface area contributed by atoms with E-state index in [-0.39, 0.29) is 5.91 Å². The largest absolute Gasteiger partial charge is 0.444 e. The highest BCUT2D eigenvalue weighted by Gasteiger charge is 2.24. The van der Waals surface area contributed by atoms with Crippen molar-refractivity contribution in [1.82, 2.24) is 10.6 Å². The van der Waals surface area contributed by atoms with Crippen LogP contribution in [0, 0.1) is 5.92 Å². The number of likely N-dealkylation sites (N-methyl/N-ethyl adjacent to an activating group) is 1. The molecule has 0 aromatic rings. The van der Waals surface area contributed by atoms with E-state index in [1.54, 1.807) is 27.8 Å². The summed E-state index contributed by atoms with van der Waals surface area (Å²) in [5, 5.41) is 5.11. The van der Waals surface area contributed by atoms with Gasteiger partial charge in [0.15, 0.2) is 0 Å². The van der Waals surface area contributed by atoms with Gasteiger partial charge in [-0.3, -0.25) is 4.79 Å². The first-order valence-corrected chi connectivity index (χ1v) is 5.87. The summed E-state index contributed by atoms with van der Waals surface area (Å²) in [5.41, 5.74) is -0.560. The maximum atomic E-state index is 11.6. The van der Waals surface area contributed by atoms with E-state index in [0.29, 0.717) is 12.3 Å². The lowest BCUT2D eigenvalue weighted by Gasteiger charge is -2.23. The molecule has 0 heterocycles. The van der Waals surface area contributed by atoms with Crippen LogP contribution >= 0.6 is 0 Å². The van der Waals surface area contributed by atoms with Crippen molar-refractivity contribution in [3.63, 3.8) is 0 Å². The molecule has 0 aliphatic heterocycles. The maximum absolute atomic E-state index is 11.6. The third kappa shape index (κ3) is 7.60. The topological polar surface area (TPSA) is 67.4 Å². The van der Waals surface area contributed by atoms with Crippen LogP contribution in [0.3, 0.4) is 0 Å². The third-order valence-corrected chi connectivity index (χ3v) is 1.96. The van der Waals surface area contributed by atoms with E-state index < -0.39 is 17.7 Å². The molecular formula is C12H24N2O3. The van der Waals surface area contributed by atoms with Crippen LogP contribution in [-0.4, -0.2) is 30.7 Å². The first kappa shape index (κ1) is 15.7. The molecule has 0 radical (unpaired) electrons. The standard InChI is InChI=1S/C12H24N2O3/c1-8(2)7-9(10(15)13-6)14-11(16)17-12(3,4)5/h8-9H,7H2,1-6H3,(H,13,15)(H,14,16)/t9-/m1/s1. The van der Waals surface area contributed by atoms with Crippen LogP contribution in [0.25, 0.3) is 0 Å². The van der Waals surface area contributed by atoms with Gasteiger partial charge in [0.2, 0.25) is 5.91 Å². The first-order chi connectivity index (χ1) is 7.65. The average molecular weight is 244 g/mol. The summed E-state index contributed by atoms with van der Waals surface area (Å²) in [7, 11) is 1.55. The lowest BCUT2D eigenvalue weighted by Crippen LogP contribution is -2.47. The Hall–Kier alpha value is -1.26. The van der Waals surface area contributed by atoms with Crippen LogP contribution in [0.2, 0.25) is 0 Å². The molecule has 0 rings (SSSR count). The predicted molar refractivity (Wildman–Crippen MR) is 66.7 cm³/mol. The molecule has 1 atom stereocenters. The summed E-state index contributed by atoms with van der Waals surface area (Å²) in [6.07, 6.45) is 0.0191. The van der Waals surface area contributed by atoms with E-state index in [9.17, 15) is 9.59 Å². The predicted octanol–water partition coefficient (Wildman–Crippen LogP) is 1.67. The molecule has 0 aromatic carbocycles. The van der Waals surface area contributed by atoms with Gasteiger partial charge in [0, 0.05) is 7.05 Å². The Bertz CT molecular complexity index is 269. The van der Waals surface area contributed by atoms with Gasteiger partial charge in [-0.25, -0.2) is 4.79 Å². The number of rotatable bonds is 4. The molecule has 0 fully saturated rings. The van der Waals surface area contributed by atoms with Gasteiger partial charge in [-0.15, -0.1) is 0 Å². The minimum absolute atomic E-state index is 0.204. The first-order valence-electron chi connectivity index (χ1n) is 5.87. The zero-order chi connectivity index (χ0) is 13.6. The fourth-order valence-electron chi connectivity index (χ4n) is 1.33. The van der Waals surface area contributed by atoms with E-state index in [0.717, 1.165) is 0 Å². The van der Waals surface area contributed by atoms with Gasteiger partial charge in [-0.2, -0.15) is 0 Å². The number of ether oxygens (including phenoxy) is 1. The normalized spacial score (nSPS) is 13.1. The number of hydrogen-bond acceptors (Lipinski definition) is 3. The summed E-state index contributed by atoms with van der Waals surface area (Å²) in [5.74, 6) is 0.108. The Morgan fingerprint density at radius 1 is 1.24 bits per heavy atom. The highest BCUT2D eigenvalue weighted by molar-refractivity contribution is 5.85. The van der Waals surface area contributed by atoms with Crippen LogP contribution in [-0.2, 0) is 9.53 Å². The summed E-state index contributed by atoms with van der Waals surface area (Å²) >= 11 is 0. The van der Waals surface area contributed by atoms with Crippen molar-refractivity contribution in [1.29, 1.82) is 0 Å². The molecule has 0 aromatic heterocycles. The Labute approximate surface area is 103 Å². The molecular weight excluding hydrogens is 220 g/mol. The number of hydrogen-bond donors (Lipinski definition) is 2. The molecule has 2 amide bonds. The number of amides is 2. The van der Waals surface area contributed by atoms with Crippen LogP contribution in [0.1, 0.15) is 41.0 Å². The van der Waals surface area contributed by atoms with Gasteiger partial charge in [0.25, 0.3) is 0 Å². The van der Waals surface area contributed by atoms with Gasteiger partial charge in [0.1, 0.15) is 11.6 Å². The second-order valence-electron chi connectivity index (χ2n) is 5.44. The second-order valence-corrected chi connectivity index (χ2v) is 5.44. The minimum Gasteiger partial charge on any atom is -0.444 e. The van der Waals surface area contributed by atoms with Crippen molar-refractivity contribution in [2.45, 2.75) is 52.7 Å². The quantitative estimate of drug-likeness (QED) is 0.790. The smallest absolute Gasteiger partial charge is 0.408 e. The molecule has 100 valence electrons. The molecule has 0 aliphatic rings. The Morgan fingerprint density at radius 3 is 2.12 bits per heavy atom. The summed E-state index contributed by atoms with van der Waals surface area (Å²) in [6.45, 7) is 9.33. The van der Waals surface area contributed by atoms with Crippen molar-refractivity contribution in [3.8, 4) is 0 Å². The van der Waals surface area contributed by atoms with Crippen LogP contribution < -0.4 is 10.6 Å². The van der Waals surface area contributed by atoms with Crippen molar-refractivity contribution in [3.05, 3.63) is 0 Å². The van der Waals surface area contributed by atoms with Gasteiger partial charge >= 0.3 is 6.09 Å². The van der Waals surface area contributed by atoms with Crippen molar-refractivity contribution in [2.75, 3.05) is 7.05 Å². The average Bonchev–Trinajstić information content (AvgIpc) is 2.11. The molecule has 5 nitrogen and oxygen atoms in total. The van der Waals surface area contributed by atoms with Crippen molar-refractivity contribution < 1.29 is 14.3 Å². The van der Waals surface area contributed by atoms with Crippen molar-refractivity contribution in [2.24, 2.45) is 5.92 Å². The Morgan fingerprint density at radius 2 is 1.76 bits per heavy atom. The van der Waals surface area contributed by atoms with E-state index in [1.807, 2.05) is 13.8 Å². The van der Waals surface area contributed by atoms with Crippen LogP contribution in [0.15, 0.2) is 0 Å². The van der Waals surface area contributed by atoms with Crippen LogP contribution in [0.4, 0.5) is 4.79 Å². The minimum atomic E-state index is -0.563. The Kier molecular flexibility index (Phi) is 5.99. The summed E-state index contributed by atoms with van der Waals surface area (Å²) in [4.78, 5) is 23.1. The zero-order valence-electron chi connectivity index (χ0n) is 11.6. The molecule has 17 heavy (non-hydrogen) atoms. The number of alkyl carbamates (subject to hydrolysis) is 1. The second kappa shape index (κ2) is 6.47.